The van der Waals surface area contributed by atoms with Crippen LogP contribution in [0.1, 0.15) is 51.7 Å². The molecule has 1 saturated carbocycles. The van der Waals surface area contributed by atoms with E-state index in [4.69, 9.17) is 0 Å². The van der Waals surface area contributed by atoms with Crippen molar-refractivity contribution in [1.29, 1.82) is 0 Å². The van der Waals surface area contributed by atoms with Crippen molar-refractivity contribution in [2.45, 2.75) is 58.7 Å². The van der Waals surface area contributed by atoms with Crippen LogP contribution in [0, 0.1) is 17.3 Å². The fourth-order valence-electron chi connectivity index (χ4n) is 5.41. The van der Waals surface area contributed by atoms with Crippen molar-refractivity contribution >= 4 is 32.7 Å². The van der Waals surface area contributed by atoms with Crippen LogP contribution in [0.4, 0.5) is 18.9 Å². The molecule has 1 heterocycles. The average Bonchev–Trinajstić information content (AvgIpc) is 3.43. The van der Waals surface area contributed by atoms with E-state index in [1.54, 1.807) is 12.1 Å². The van der Waals surface area contributed by atoms with Crippen molar-refractivity contribution in [3.63, 3.8) is 0 Å². The lowest BCUT2D eigenvalue weighted by Crippen LogP contribution is -2.19. The number of hydrogen-bond acceptors (Lipinski definition) is 3. The van der Waals surface area contributed by atoms with Crippen molar-refractivity contribution in [2.75, 3.05) is 11.9 Å². The average molecular weight is 574 g/mol. The molecule has 8 heteroatoms. The minimum atomic E-state index is -4.34. The SMILES string of the molecule is CC1C=CC(C2(c3ccc(C(F)(F)F)cc3)CC2CNc2ccc3c(nnn3CC(C)(C)C)c2Br)=CC1. The van der Waals surface area contributed by atoms with Gasteiger partial charge in [-0.3, -0.25) is 0 Å². The number of halogens is 4. The molecule has 0 spiro atoms. The summed E-state index contributed by atoms with van der Waals surface area (Å²) in [6, 6.07) is 9.81. The Morgan fingerprint density at radius 3 is 2.46 bits per heavy atom. The zero-order chi connectivity index (χ0) is 26.6. The highest BCUT2D eigenvalue weighted by molar-refractivity contribution is 9.10. The number of fused-ring (bicyclic) bond motifs is 1. The predicted octanol–water partition coefficient (Wildman–Crippen LogP) is 8.15. The molecule has 1 fully saturated rings. The van der Waals surface area contributed by atoms with Gasteiger partial charge in [-0.1, -0.05) is 63.3 Å². The number of hydrogen-bond donors (Lipinski definition) is 1. The summed E-state index contributed by atoms with van der Waals surface area (Å²) in [6.45, 7) is 10.1. The van der Waals surface area contributed by atoms with E-state index in [1.807, 2.05) is 16.8 Å². The maximum absolute atomic E-state index is 13.2. The van der Waals surface area contributed by atoms with Crippen LogP contribution in [0.3, 0.4) is 0 Å². The summed E-state index contributed by atoms with van der Waals surface area (Å²) in [4.78, 5) is 0. The van der Waals surface area contributed by atoms with Crippen LogP contribution in [0.2, 0.25) is 0 Å². The fraction of sp³-hybridized carbons (Fsp3) is 0.448. The Morgan fingerprint density at radius 2 is 1.84 bits per heavy atom. The highest BCUT2D eigenvalue weighted by Crippen LogP contribution is 2.60. The maximum Gasteiger partial charge on any atom is 0.416 e. The number of allylic oxidation sites excluding steroid dienone is 4. The van der Waals surface area contributed by atoms with Gasteiger partial charge < -0.3 is 5.32 Å². The van der Waals surface area contributed by atoms with E-state index in [-0.39, 0.29) is 16.7 Å². The van der Waals surface area contributed by atoms with Gasteiger partial charge in [0.2, 0.25) is 0 Å². The standard InChI is InChI=1S/C29H32BrF3N4/c1-18-5-7-19(8-6-18)28(20-9-11-21(12-10-20)29(31,32)33)15-22(28)16-34-23-13-14-24-26(25(23)30)35-36-37(24)17-27(2,3)4/h5,7-14,18,22,34H,6,15-17H2,1-4H3. The Balaban J connectivity index is 1.39. The number of aromatic nitrogens is 3. The summed E-state index contributed by atoms with van der Waals surface area (Å²) in [5, 5.41) is 12.3. The molecule has 3 unspecified atom stereocenters. The summed E-state index contributed by atoms with van der Waals surface area (Å²) < 4.78 is 42.4. The predicted molar refractivity (Wildman–Crippen MR) is 145 cm³/mol. The number of rotatable bonds is 6. The Bertz CT molecular complexity index is 1360. The highest BCUT2D eigenvalue weighted by atomic mass is 79.9. The second-order valence-corrected chi connectivity index (χ2v) is 12.5. The number of alkyl halides is 3. The highest BCUT2D eigenvalue weighted by Gasteiger charge is 2.56. The Morgan fingerprint density at radius 1 is 1.11 bits per heavy atom. The quantitative estimate of drug-likeness (QED) is 0.324. The minimum absolute atomic E-state index is 0.0810. The summed E-state index contributed by atoms with van der Waals surface area (Å²) in [7, 11) is 0. The molecule has 1 N–H and O–H groups in total. The smallest absolute Gasteiger partial charge is 0.384 e. The minimum Gasteiger partial charge on any atom is -0.384 e. The van der Waals surface area contributed by atoms with E-state index in [9.17, 15) is 13.2 Å². The van der Waals surface area contributed by atoms with Gasteiger partial charge in [-0.05, 0) is 81.4 Å². The van der Waals surface area contributed by atoms with Crippen LogP contribution < -0.4 is 5.32 Å². The number of nitrogens with zero attached hydrogens (tertiary/aromatic N) is 3. The molecule has 37 heavy (non-hydrogen) atoms. The Hall–Kier alpha value is -2.61. The van der Waals surface area contributed by atoms with Gasteiger partial charge in [0.25, 0.3) is 0 Å². The van der Waals surface area contributed by atoms with Crippen molar-refractivity contribution in [3.05, 3.63) is 75.8 Å². The molecular formula is C29H32BrF3N4. The largest absolute Gasteiger partial charge is 0.416 e. The van der Waals surface area contributed by atoms with Crippen LogP contribution in [0.15, 0.2) is 64.7 Å². The first-order valence-electron chi connectivity index (χ1n) is 12.7. The molecule has 3 atom stereocenters. The molecule has 0 amide bonds. The summed E-state index contributed by atoms with van der Waals surface area (Å²) >= 11 is 3.72. The number of nitrogens with one attached hydrogen (secondary N) is 1. The van der Waals surface area contributed by atoms with Crippen molar-refractivity contribution in [3.8, 4) is 0 Å². The van der Waals surface area contributed by atoms with Gasteiger partial charge in [0.05, 0.1) is 21.2 Å². The molecule has 1 aromatic heterocycles. The lowest BCUT2D eigenvalue weighted by molar-refractivity contribution is -0.137. The zero-order valence-corrected chi connectivity index (χ0v) is 23.1. The second kappa shape index (κ2) is 9.29. The lowest BCUT2D eigenvalue weighted by atomic mass is 9.81. The van der Waals surface area contributed by atoms with E-state index >= 15 is 0 Å². The molecule has 2 aromatic carbocycles. The van der Waals surface area contributed by atoms with Crippen molar-refractivity contribution < 1.29 is 13.2 Å². The summed E-state index contributed by atoms with van der Waals surface area (Å²) in [6.07, 6.45) is 4.13. The molecule has 2 aliphatic carbocycles. The third-order valence-electron chi connectivity index (χ3n) is 7.45. The topological polar surface area (TPSA) is 42.7 Å². The molecule has 2 aliphatic rings. The molecule has 0 aliphatic heterocycles. The lowest BCUT2D eigenvalue weighted by Gasteiger charge is -2.24. The van der Waals surface area contributed by atoms with Gasteiger partial charge in [-0.25, -0.2) is 4.68 Å². The van der Waals surface area contributed by atoms with Gasteiger partial charge in [0, 0.05) is 18.5 Å². The molecule has 5 rings (SSSR count). The van der Waals surface area contributed by atoms with E-state index in [1.165, 1.54) is 17.7 Å². The first-order chi connectivity index (χ1) is 17.4. The summed E-state index contributed by atoms with van der Waals surface area (Å²) in [5.74, 6) is 0.728. The second-order valence-electron chi connectivity index (χ2n) is 11.7. The van der Waals surface area contributed by atoms with Crippen molar-refractivity contribution in [1.82, 2.24) is 15.0 Å². The fourth-order valence-corrected chi connectivity index (χ4v) is 5.96. The van der Waals surface area contributed by atoms with Gasteiger partial charge in [0.15, 0.2) is 0 Å². The van der Waals surface area contributed by atoms with Gasteiger partial charge >= 0.3 is 6.18 Å². The summed E-state index contributed by atoms with van der Waals surface area (Å²) in [5.41, 5.74) is 4.06. The molecule has 0 bridgehead atoms. The van der Waals surface area contributed by atoms with Crippen LogP contribution in [-0.4, -0.2) is 21.5 Å². The van der Waals surface area contributed by atoms with Gasteiger partial charge in [-0.15, -0.1) is 5.10 Å². The third-order valence-corrected chi connectivity index (χ3v) is 8.25. The van der Waals surface area contributed by atoms with E-state index in [0.29, 0.717) is 12.5 Å². The first kappa shape index (κ1) is 26.0. The van der Waals surface area contributed by atoms with Gasteiger partial charge in [-0.2, -0.15) is 13.2 Å². The molecule has 4 nitrogen and oxygen atoms in total. The molecule has 0 saturated heterocycles. The third kappa shape index (κ3) is 5.09. The van der Waals surface area contributed by atoms with Crippen molar-refractivity contribution in [2.24, 2.45) is 17.3 Å². The Labute approximate surface area is 224 Å². The normalized spacial score (nSPS) is 23.8. The Kier molecular flexibility index (Phi) is 6.54. The van der Waals surface area contributed by atoms with E-state index < -0.39 is 11.7 Å². The molecular weight excluding hydrogens is 541 g/mol. The molecule has 3 aromatic rings. The van der Waals surface area contributed by atoms with Crippen LogP contribution in [0.5, 0.6) is 0 Å². The van der Waals surface area contributed by atoms with Gasteiger partial charge in [0.1, 0.15) is 5.52 Å². The van der Waals surface area contributed by atoms with E-state index in [2.05, 4.69) is 77.5 Å². The monoisotopic (exact) mass is 572 g/mol. The first-order valence-corrected chi connectivity index (χ1v) is 13.5. The van der Waals surface area contributed by atoms with Crippen LogP contribution in [0.25, 0.3) is 11.0 Å². The molecule has 196 valence electrons. The number of anilines is 1. The number of benzene rings is 2. The van der Waals surface area contributed by atoms with Crippen LogP contribution >= 0.6 is 15.9 Å². The zero-order valence-electron chi connectivity index (χ0n) is 21.5. The van der Waals surface area contributed by atoms with Crippen LogP contribution in [-0.2, 0) is 18.1 Å². The maximum atomic E-state index is 13.2. The van der Waals surface area contributed by atoms with E-state index in [0.717, 1.165) is 46.1 Å². The molecule has 0 radical (unpaired) electrons.